The highest BCUT2D eigenvalue weighted by atomic mass is 19.4. The first-order valence-electron chi connectivity index (χ1n) is 13.9. The van der Waals surface area contributed by atoms with Crippen molar-refractivity contribution < 1.29 is 45.0 Å². The third-order valence-corrected chi connectivity index (χ3v) is 7.97. The molecule has 5 nitrogen and oxygen atoms in total. The van der Waals surface area contributed by atoms with Crippen molar-refractivity contribution in [3.63, 3.8) is 0 Å². The maximum atomic E-state index is 14.3. The van der Waals surface area contributed by atoms with E-state index in [0.29, 0.717) is 12.0 Å². The number of fused-ring (bicyclic) bond motifs is 1. The lowest BCUT2D eigenvalue weighted by Gasteiger charge is -2.37. The molecular weight excluding hydrogens is 578 g/mol. The number of ether oxygens (including phenoxy) is 2. The van der Waals surface area contributed by atoms with Crippen molar-refractivity contribution in [2.24, 2.45) is 5.41 Å². The summed E-state index contributed by atoms with van der Waals surface area (Å²) in [5.74, 6) is -0.993. The Labute approximate surface area is 244 Å². The number of benzene rings is 2. The number of esters is 1. The Kier molecular flexibility index (Phi) is 9.04. The first-order valence-corrected chi connectivity index (χ1v) is 13.9. The molecule has 0 aliphatic heterocycles. The first kappa shape index (κ1) is 32.2. The van der Waals surface area contributed by atoms with Gasteiger partial charge in [-0.25, -0.2) is 9.59 Å². The summed E-state index contributed by atoms with van der Waals surface area (Å²) >= 11 is 0. The number of hydrogen-bond acceptors (Lipinski definition) is 5. The minimum atomic E-state index is -4.80. The monoisotopic (exact) mass is 610 g/mol. The molecule has 43 heavy (non-hydrogen) atoms. The Morgan fingerprint density at radius 1 is 1.00 bits per heavy atom. The van der Waals surface area contributed by atoms with Crippen LogP contribution in [0.3, 0.4) is 0 Å². The van der Waals surface area contributed by atoms with E-state index in [1.54, 1.807) is 6.07 Å². The largest absolute Gasteiger partial charge is 0.489 e. The Morgan fingerprint density at radius 2 is 1.70 bits per heavy atom. The smallest absolute Gasteiger partial charge is 0.417 e. The fraction of sp³-hybridized carbons (Fsp3) is 0.438. The molecule has 0 radical (unpaired) electrons. The number of hydrogen-bond donors (Lipinski definition) is 0. The number of carbonyl (C=O) groups excluding carboxylic acids is 1. The molecule has 1 fully saturated rings. The van der Waals surface area contributed by atoms with E-state index in [2.05, 4.69) is 6.58 Å². The second kappa shape index (κ2) is 12.1. The molecular formula is C32H32F6O5. The third-order valence-electron chi connectivity index (χ3n) is 7.97. The van der Waals surface area contributed by atoms with E-state index in [9.17, 15) is 35.9 Å². The van der Waals surface area contributed by atoms with Crippen LogP contribution in [0.15, 0.2) is 63.8 Å². The topological polar surface area (TPSA) is 65.7 Å². The highest BCUT2D eigenvalue weighted by molar-refractivity contribution is 5.87. The lowest BCUT2D eigenvalue weighted by Crippen LogP contribution is -2.51. The minimum absolute atomic E-state index is 0.0388. The molecule has 0 amide bonds. The summed E-state index contributed by atoms with van der Waals surface area (Å²) in [7, 11) is 0. The van der Waals surface area contributed by atoms with Gasteiger partial charge in [0.25, 0.3) is 0 Å². The van der Waals surface area contributed by atoms with Crippen molar-refractivity contribution in [3.05, 3.63) is 76.2 Å². The molecule has 1 heterocycles. The summed E-state index contributed by atoms with van der Waals surface area (Å²) in [5, 5.41) is 0.250. The van der Waals surface area contributed by atoms with Gasteiger partial charge in [-0.1, -0.05) is 38.5 Å². The quantitative estimate of drug-likeness (QED) is 0.0797. The van der Waals surface area contributed by atoms with Crippen LogP contribution in [-0.4, -0.2) is 24.4 Å². The van der Waals surface area contributed by atoms with Crippen LogP contribution in [0, 0.1) is 5.41 Å². The van der Waals surface area contributed by atoms with Gasteiger partial charge in [0.2, 0.25) is 0 Å². The highest BCUT2D eigenvalue weighted by Gasteiger charge is 2.66. The Balaban J connectivity index is 1.66. The Hall–Kier alpha value is -3.76. The molecule has 232 valence electrons. The van der Waals surface area contributed by atoms with Gasteiger partial charge in [0.1, 0.15) is 29.0 Å². The van der Waals surface area contributed by atoms with Crippen LogP contribution < -0.4 is 10.4 Å². The summed E-state index contributed by atoms with van der Waals surface area (Å²) in [5.41, 5.74) is -4.78. The van der Waals surface area contributed by atoms with Gasteiger partial charge in [-0.2, -0.15) is 26.3 Å². The van der Waals surface area contributed by atoms with E-state index in [4.69, 9.17) is 13.9 Å². The number of carbonyl (C=O) groups is 1. The SMILES string of the molecule is C=C(C)C(=O)OC1CCC(Oc2ccc3cc(-c4ccc(CCCCC)cc4C(F)(F)F)c(=O)oc3c2)C1(C)C(F)(F)F. The molecule has 3 unspecified atom stereocenters. The molecule has 0 spiro atoms. The van der Waals surface area contributed by atoms with Gasteiger partial charge in [0.15, 0.2) is 0 Å². The van der Waals surface area contributed by atoms with Crippen LogP contribution in [0.1, 0.15) is 64.0 Å². The molecule has 1 aliphatic rings. The molecule has 0 bridgehead atoms. The fourth-order valence-electron chi connectivity index (χ4n) is 5.38. The van der Waals surface area contributed by atoms with Crippen molar-refractivity contribution in [2.75, 3.05) is 0 Å². The number of halogens is 6. The molecule has 0 N–H and O–H groups in total. The van der Waals surface area contributed by atoms with Gasteiger partial charge in [0, 0.05) is 22.6 Å². The molecule has 4 rings (SSSR count). The maximum Gasteiger partial charge on any atom is 0.417 e. The second-order valence-electron chi connectivity index (χ2n) is 11.1. The van der Waals surface area contributed by atoms with Gasteiger partial charge in [0.05, 0.1) is 11.1 Å². The molecule has 1 aromatic heterocycles. The third kappa shape index (κ3) is 6.60. The normalized spacial score (nSPS) is 20.8. The van der Waals surface area contributed by atoms with Gasteiger partial charge in [-0.05, 0) is 69.4 Å². The second-order valence-corrected chi connectivity index (χ2v) is 11.1. The van der Waals surface area contributed by atoms with Crippen molar-refractivity contribution in [1.29, 1.82) is 0 Å². The zero-order valence-corrected chi connectivity index (χ0v) is 24.0. The molecule has 1 saturated carbocycles. The predicted molar refractivity (Wildman–Crippen MR) is 149 cm³/mol. The Morgan fingerprint density at radius 3 is 2.33 bits per heavy atom. The van der Waals surface area contributed by atoms with Gasteiger partial charge < -0.3 is 13.9 Å². The van der Waals surface area contributed by atoms with E-state index < -0.39 is 47.1 Å². The molecule has 3 atom stereocenters. The fourth-order valence-corrected chi connectivity index (χ4v) is 5.38. The van der Waals surface area contributed by atoms with Gasteiger partial charge in [-0.15, -0.1) is 0 Å². The van der Waals surface area contributed by atoms with Crippen LogP contribution in [0.2, 0.25) is 0 Å². The standard InChI is InChI=1S/C32H32F6O5/c1-5-6-7-8-19-9-12-22(24(15-19)31(33,34)35)23-16-20-10-11-21(17-25(20)42-29(23)40)41-26-13-14-27(43-28(39)18(2)3)30(26,4)32(36,37)38/h9-12,15-17,26-27H,2,5-8,13-14H2,1,3-4H3. The van der Waals surface area contributed by atoms with Crippen LogP contribution in [0.25, 0.3) is 22.1 Å². The lowest BCUT2D eigenvalue weighted by molar-refractivity contribution is -0.262. The van der Waals surface area contributed by atoms with E-state index in [-0.39, 0.29) is 46.3 Å². The zero-order valence-electron chi connectivity index (χ0n) is 24.0. The summed E-state index contributed by atoms with van der Waals surface area (Å²) in [6.07, 6.45) is -9.66. The highest BCUT2D eigenvalue weighted by Crippen LogP contribution is 2.53. The maximum absolute atomic E-state index is 14.3. The van der Waals surface area contributed by atoms with Crippen LogP contribution in [0.4, 0.5) is 26.3 Å². The summed E-state index contributed by atoms with van der Waals surface area (Å²) in [4.78, 5) is 24.9. The van der Waals surface area contributed by atoms with Crippen LogP contribution >= 0.6 is 0 Å². The molecule has 2 aromatic carbocycles. The van der Waals surface area contributed by atoms with E-state index in [0.717, 1.165) is 32.3 Å². The first-order chi connectivity index (χ1) is 20.1. The number of unbranched alkanes of at least 4 members (excludes halogenated alkanes) is 2. The van der Waals surface area contributed by atoms with Crippen LogP contribution in [-0.2, 0) is 22.1 Å². The van der Waals surface area contributed by atoms with Crippen molar-refractivity contribution in [3.8, 4) is 16.9 Å². The lowest BCUT2D eigenvalue weighted by atomic mass is 9.83. The number of alkyl halides is 6. The van der Waals surface area contributed by atoms with Crippen molar-refractivity contribution >= 4 is 16.9 Å². The van der Waals surface area contributed by atoms with Crippen molar-refractivity contribution in [2.45, 2.75) is 83.9 Å². The summed E-state index contributed by atoms with van der Waals surface area (Å²) in [6.45, 7) is 7.65. The molecule has 1 aliphatic carbocycles. The van der Waals surface area contributed by atoms with Crippen molar-refractivity contribution in [1.82, 2.24) is 0 Å². The predicted octanol–water partition coefficient (Wildman–Crippen LogP) is 8.81. The minimum Gasteiger partial charge on any atom is -0.489 e. The number of aryl methyl sites for hydroxylation is 1. The number of rotatable bonds is 9. The zero-order chi connectivity index (χ0) is 31.7. The molecule has 11 heteroatoms. The van der Waals surface area contributed by atoms with E-state index >= 15 is 0 Å². The molecule has 0 saturated heterocycles. The van der Waals surface area contributed by atoms with E-state index in [1.807, 2.05) is 6.92 Å². The van der Waals surface area contributed by atoms with E-state index in [1.165, 1.54) is 37.3 Å². The summed E-state index contributed by atoms with van der Waals surface area (Å²) < 4.78 is 101. The summed E-state index contributed by atoms with van der Waals surface area (Å²) in [6, 6.07) is 9.07. The average molecular weight is 611 g/mol. The van der Waals surface area contributed by atoms with Gasteiger partial charge in [-0.3, -0.25) is 0 Å². The molecule has 3 aromatic rings. The Bertz CT molecular complexity index is 1570. The van der Waals surface area contributed by atoms with Gasteiger partial charge >= 0.3 is 23.9 Å². The average Bonchev–Trinajstić information content (AvgIpc) is 3.23. The van der Waals surface area contributed by atoms with Crippen LogP contribution in [0.5, 0.6) is 5.75 Å².